The number of carbonyl (C=O) groups excluding carboxylic acids is 3. The average molecular weight is 994 g/mol. The maximum atomic E-state index is 12.9. The van der Waals surface area contributed by atoms with Gasteiger partial charge in [0.2, 0.25) is 0 Å². The molecule has 6 heteroatoms. The second kappa shape index (κ2) is 59.7. The molecule has 0 aliphatic heterocycles. The maximum absolute atomic E-state index is 12.9. The fourth-order valence-electron chi connectivity index (χ4n) is 8.79. The quantitative estimate of drug-likeness (QED) is 0.0261. The zero-order valence-electron chi connectivity index (χ0n) is 47.2. The molecular weight excluding hydrogens is 877 g/mol. The molecule has 0 saturated heterocycles. The van der Waals surface area contributed by atoms with Gasteiger partial charge in [-0.1, -0.05) is 248 Å². The summed E-state index contributed by atoms with van der Waals surface area (Å²) in [6.45, 7) is 6.63. The minimum Gasteiger partial charge on any atom is -0.462 e. The predicted molar refractivity (Wildman–Crippen MR) is 307 cm³/mol. The lowest BCUT2D eigenvalue weighted by Gasteiger charge is -2.18. The van der Waals surface area contributed by atoms with Gasteiger partial charge in [0.25, 0.3) is 0 Å². The van der Waals surface area contributed by atoms with E-state index in [4.69, 9.17) is 14.2 Å². The van der Waals surface area contributed by atoms with Crippen molar-refractivity contribution in [2.75, 3.05) is 13.2 Å². The van der Waals surface area contributed by atoms with Crippen LogP contribution in [0.2, 0.25) is 0 Å². The van der Waals surface area contributed by atoms with Crippen LogP contribution in [-0.2, 0) is 28.6 Å². The minimum atomic E-state index is -0.785. The first-order valence-electron chi connectivity index (χ1n) is 30.8. The van der Waals surface area contributed by atoms with Crippen molar-refractivity contribution in [3.63, 3.8) is 0 Å². The summed E-state index contributed by atoms with van der Waals surface area (Å²) >= 11 is 0. The molecule has 1 unspecified atom stereocenters. The second-order valence-corrected chi connectivity index (χ2v) is 20.6. The normalized spacial score (nSPS) is 12.4. The molecule has 0 radical (unpaired) electrons. The van der Waals surface area contributed by atoms with Crippen molar-refractivity contribution >= 4 is 17.9 Å². The van der Waals surface area contributed by atoms with Gasteiger partial charge in [-0.3, -0.25) is 14.4 Å². The molecule has 0 heterocycles. The minimum absolute atomic E-state index is 0.0829. The lowest BCUT2D eigenvalue weighted by atomic mass is 10.1. The van der Waals surface area contributed by atoms with E-state index in [1.54, 1.807) is 0 Å². The molecule has 412 valence electrons. The standard InChI is InChI=1S/C65H116O6/c1-4-7-10-13-16-19-22-25-28-30-31-32-33-34-35-36-38-40-43-46-49-52-55-58-64(67)70-61-62(60-69-63(66)57-54-51-48-45-42-39-27-24-21-18-15-12-9-6-3)71-65(68)59-56-53-50-47-44-41-37-29-26-23-20-17-14-11-8-5-2/h22,24-25,27,29-31,33-34,37,62H,4-21,23,26,28,32,35-36,38-61H2,1-3H3/b25-22-,27-24-,31-30-,34-33-,37-29-. The molecule has 0 rings (SSSR count). The van der Waals surface area contributed by atoms with E-state index in [1.165, 1.54) is 180 Å². The highest BCUT2D eigenvalue weighted by Gasteiger charge is 2.19. The Kier molecular flexibility index (Phi) is 57.2. The molecule has 1 atom stereocenters. The highest BCUT2D eigenvalue weighted by atomic mass is 16.6. The van der Waals surface area contributed by atoms with Gasteiger partial charge in [-0.25, -0.2) is 0 Å². The fourth-order valence-corrected chi connectivity index (χ4v) is 8.79. The Morgan fingerprint density at radius 3 is 0.803 bits per heavy atom. The first-order chi connectivity index (χ1) is 35.0. The predicted octanol–water partition coefficient (Wildman–Crippen LogP) is 20.8. The Hall–Kier alpha value is -2.89. The van der Waals surface area contributed by atoms with Gasteiger partial charge in [-0.15, -0.1) is 0 Å². The summed E-state index contributed by atoms with van der Waals surface area (Å²) in [6.07, 6.45) is 75.0. The Bertz CT molecular complexity index is 1280. The van der Waals surface area contributed by atoms with Crippen LogP contribution in [0.5, 0.6) is 0 Å². The van der Waals surface area contributed by atoms with Crippen LogP contribution in [0.15, 0.2) is 60.8 Å². The van der Waals surface area contributed by atoms with E-state index in [0.717, 1.165) is 96.3 Å². The van der Waals surface area contributed by atoms with Gasteiger partial charge in [0.1, 0.15) is 13.2 Å². The lowest BCUT2D eigenvalue weighted by Crippen LogP contribution is -2.30. The third-order valence-corrected chi connectivity index (χ3v) is 13.5. The Labute approximate surface area is 440 Å². The highest BCUT2D eigenvalue weighted by Crippen LogP contribution is 2.15. The largest absolute Gasteiger partial charge is 0.462 e. The van der Waals surface area contributed by atoms with Gasteiger partial charge in [0, 0.05) is 19.3 Å². The number of esters is 3. The molecule has 0 N–H and O–H groups in total. The monoisotopic (exact) mass is 993 g/mol. The van der Waals surface area contributed by atoms with Crippen molar-refractivity contribution < 1.29 is 28.6 Å². The Morgan fingerprint density at radius 1 is 0.282 bits per heavy atom. The van der Waals surface area contributed by atoms with Crippen molar-refractivity contribution in [2.24, 2.45) is 0 Å². The van der Waals surface area contributed by atoms with Crippen LogP contribution in [0, 0.1) is 0 Å². The molecule has 0 amide bonds. The van der Waals surface area contributed by atoms with E-state index in [9.17, 15) is 14.4 Å². The van der Waals surface area contributed by atoms with E-state index >= 15 is 0 Å². The molecular formula is C65H116O6. The molecule has 0 aromatic carbocycles. The summed E-state index contributed by atoms with van der Waals surface area (Å²) in [5, 5.41) is 0. The summed E-state index contributed by atoms with van der Waals surface area (Å²) in [5.74, 6) is -0.893. The molecule has 0 bridgehead atoms. The molecule has 0 spiro atoms. The van der Waals surface area contributed by atoms with Crippen LogP contribution in [0.3, 0.4) is 0 Å². The van der Waals surface area contributed by atoms with Crippen molar-refractivity contribution in [3.8, 4) is 0 Å². The van der Waals surface area contributed by atoms with Crippen molar-refractivity contribution in [1.82, 2.24) is 0 Å². The Morgan fingerprint density at radius 2 is 0.507 bits per heavy atom. The van der Waals surface area contributed by atoms with E-state index in [0.29, 0.717) is 19.3 Å². The SMILES string of the molecule is CCCCCCC/C=C\C/C=C\C/C=C\CCCCCCCCCCC(=O)OCC(COC(=O)CCCCCCC/C=C\CCCCCCC)OC(=O)CCCCCCC/C=C\CCCCCCCCC. The average Bonchev–Trinajstić information content (AvgIpc) is 3.37. The summed E-state index contributed by atoms with van der Waals surface area (Å²) < 4.78 is 16.9. The van der Waals surface area contributed by atoms with Crippen LogP contribution in [-0.4, -0.2) is 37.2 Å². The fraction of sp³-hybridized carbons (Fsp3) is 0.800. The van der Waals surface area contributed by atoms with Crippen LogP contribution in [0.4, 0.5) is 0 Å². The second-order valence-electron chi connectivity index (χ2n) is 20.6. The van der Waals surface area contributed by atoms with Gasteiger partial charge in [-0.2, -0.15) is 0 Å². The number of unbranched alkanes of at least 4 members (excludes halogenated alkanes) is 35. The smallest absolute Gasteiger partial charge is 0.306 e. The highest BCUT2D eigenvalue weighted by molar-refractivity contribution is 5.71. The van der Waals surface area contributed by atoms with Gasteiger partial charge in [-0.05, 0) is 109 Å². The molecule has 0 aromatic heterocycles. The number of carbonyl (C=O) groups is 3. The third-order valence-electron chi connectivity index (χ3n) is 13.5. The van der Waals surface area contributed by atoms with Crippen molar-refractivity contribution in [2.45, 2.75) is 322 Å². The van der Waals surface area contributed by atoms with Crippen molar-refractivity contribution in [1.29, 1.82) is 0 Å². The first kappa shape index (κ1) is 68.1. The molecule has 71 heavy (non-hydrogen) atoms. The van der Waals surface area contributed by atoms with E-state index in [-0.39, 0.29) is 31.1 Å². The number of hydrogen-bond acceptors (Lipinski definition) is 6. The summed E-state index contributed by atoms with van der Waals surface area (Å²) in [7, 11) is 0. The maximum Gasteiger partial charge on any atom is 0.306 e. The number of rotatable bonds is 56. The van der Waals surface area contributed by atoms with Gasteiger partial charge >= 0.3 is 17.9 Å². The van der Waals surface area contributed by atoms with Crippen LogP contribution in [0.1, 0.15) is 316 Å². The topological polar surface area (TPSA) is 78.9 Å². The van der Waals surface area contributed by atoms with E-state index in [1.807, 2.05) is 0 Å². The van der Waals surface area contributed by atoms with Gasteiger partial charge in [0.05, 0.1) is 0 Å². The summed E-state index contributed by atoms with van der Waals surface area (Å²) in [4.78, 5) is 38.2. The van der Waals surface area contributed by atoms with Crippen LogP contribution >= 0.6 is 0 Å². The lowest BCUT2D eigenvalue weighted by molar-refractivity contribution is -0.167. The molecule has 0 fully saturated rings. The first-order valence-corrected chi connectivity index (χ1v) is 30.8. The van der Waals surface area contributed by atoms with Crippen LogP contribution in [0.25, 0.3) is 0 Å². The number of allylic oxidation sites excluding steroid dienone is 10. The third kappa shape index (κ3) is 57.9. The Balaban J connectivity index is 4.35. The van der Waals surface area contributed by atoms with Crippen LogP contribution < -0.4 is 0 Å². The molecule has 0 aliphatic carbocycles. The number of ether oxygens (including phenoxy) is 3. The molecule has 0 aliphatic rings. The van der Waals surface area contributed by atoms with Gasteiger partial charge < -0.3 is 14.2 Å². The summed E-state index contributed by atoms with van der Waals surface area (Å²) in [6, 6.07) is 0. The van der Waals surface area contributed by atoms with Crippen molar-refractivity contribution in [3.05, 3.63) is 60.8 Å². The molecule has 6 nitrogen and oxygen atoms in total. The van der Waals surface area contributed by atoms with E-state index < -0.39 is 6.10 Å². The number of hydrogen-bond donors (Lipinski definition) is 0. The molecule has 0 saturated carbocycles. The zero-order chi connectivity index (χ0) is 51.4. The van der Waals surface area contributed by atoms with Gasteiger partial charge in [0.15, 0.2) is 6.10 Å². The molecule has 0 aromatic rings. The van der Waals surface area contributed by atoms with E-state index in [2.05, 4.69) is 81.5 Å². The summed E-state index contributed by atoms with van der Waals surface area (Å²) in [5.41, 5.74) is 0. The zero-order valence-corrected chi connectivity index (χ0v) is 47.2.